The van der Waals surface area contributed by atoms with E-state index in [4.69, 9.17) is 4.74 Å². The number of phenols is 1. The highest BCUT2D eigenvalue weighted by molar-refractivity contribution is 5.73. The average Bonchev–Trinajstić information content (AvgIpc) is 3.10. The van der Waals surface area contributed by atoms with Crippen LogP contribution in [-0.2, 0) is 17.3 Å². The van der Waals surface area contributed by atoms with Gasteiger partial charge in [0.2, 0.25) is 0 Å². The van der Waals surface area contributed by atoms with Crippen LogP contribution in [0.4, 0.5) is 19.0 Å². The van der Waals surface area contributed by atoms with Gasteiger partial charge < -0.3 is 20.3 Å². The Morgan fingerprint density at radius 3 is 2.61 bits per heavy atom. The molecule has 2 bridgehead atoms. The molecule has 1 saturated carbocycles. The third-order valence-electron chi connectivity index (χ3n) is 6.61. The van der Waals surface area contributed by atoms with E-state index in [1.807, 2.05) is 0 Å². The van der Waals surface area contributed by atoms with E-state index in [0.29, 0.717) is 17.9 Å². The van der Waals surface area contributed by atoms with Crippen LogP contribution in [0.25, 0.3) is 11.3 Å². The number of ether oxygens (including phenoxy) is 1. The molecular formula is C22H24F3N3O3. The van der Waals surface area contributed by atoms with Gasteiger partial charge in [-0.2, -0.15) is 13.2 Å². The van der Waals surface area contributed by atoms with Crippen LogP contribution in [0.3, 0.4) is 0 Å². The summed E-state index contributed by atoms with van der Waals surface area (Å²) in [5.74, 6) is 0.0787. The Labute approximate surface area is 177 Å². The summed E-state index contributed by atoms with van der Waals surface area (Å²) in [5.41, 5.74) is 1.38. The number of nitrogens with zero attached hydrogens (tertiary/aromatic N) is 2. The summed E-state index contributed by atoms with van der Waals surface area (Å²) in [6, 6.07) is 2.79. The van der Waals surface area contributed by atoms with Crippen LogP contribution in [-0.4, -0.2) is 38.7 Å². The van der Waals surface area contributed by atoms with E-state index in [1.54, 1.807) is 0 Å². The largest absolute Gasteiger partial charge is 0.507 e. The van der Waals surface area contributed by atoms with Crippen molar-refractivity contribution in [3.63, 3.8) is 0 Å². The highest BCUT2D eigenvalue weighted by Crippen LogP contribution is 2.47. The van der Waals surface area contributed by atoms with Crippen molar-refractivity contribution in [2.75, 3.05) is 5.32 Å². The predicted molar refractivity (Wildman–Crippen MR) is 107 cm³/mol. The predicted octanol–water partition coefficient (Wildman–Crippen LogP) is 4.36. The molecule has 31 heavy (non-hydrogen) atoms. The van der Waals surface area contributed by atoms with Crippen LogP contribution in [0.1, 0.15) is 61.3 Å². The molecule has 1 aromatic carbocycles. The van der Waals surface area contributed by atoms with E-state index in [0.717, 1.165) is 61.8 Å². The van der Waals surface area contributed by atoms with Crippen molar-refractivity contribution >= 4 is 5.82 Å². The zero-order valence-corrected chi connectivity index (χ0v) is 16.8. The first-order valence-corrected chi connectivity index (χ1v) is 10.7. The van der Waals surface area contributed by atoms with Gasteiger partial charge in [-0.3, -0.25) is 0 Å². The van der Waals surface area contributed by atoms with E-state index in [9.17, 15) is 23.4 Å². The van der Waals surface area contributed by atoms with Gasteiger partial charge in [0, 0.05) is 17.5 Å². The van der Waals surface area contributed by atoms with E-state index in [1.165, 1.54) is 6.07 Å². The number of rotatable bonds is 3. The van der Waals surface area contributed by atoms with Gasteiger partial charge in [0.15, 0.2) is 5.82 Å². The lowest BCUT2D eigenvalue weighted by molar-refractivity contribution is -0.137. The fourth-order valence-electron chi connectivity index (χ4n) is 5.02. The number of phenolic OH excluding ortho intramolecular Hbond substituents is 1. The lowest BCUT2D eigenvalue weighted by atomic mass is 9.91. The lowest BCUT2D eigenvalue weighted by Gasteiger charge is -2.32. The molecule has 0 amide bonds. The second kappa shape index (κ2) is 7.63. The fraction of sp³-hybridized carbons (Fsp3) is 0.545. The fourth-order valence-corrected chi connectivity index (χ4v) is 5.02. The maximum Gasteiger partial charge on any atom is 0.416 e. The second-order valence-electron chi connectivity index (χ2n) is 8.65. The van der Waals surface area contributed by atoms with Gasteiger partial charge >= 0.3 is 6.18 Å². The minimum atomic E-state index is -4.54. The highest BCUT2D eigenvalue weighted by atomic mass is 19.4. The molecule has 2 fully saturated rings. The van der Waals surface area contributed by atoms with E-state index in [-0.39, 0.29) is 23.8 Å². The first-order valence-electron chi connectivity index (χ1n) is 10.7. The monoisotopic (exact) mass is 435 g/mol. The van der Waals surface area contributed by atoms with Gasteiger partial charge in [-0.25, -0.2) is 0 Å². The Morgan fingerprint density at radius 2 is 1.87 bits per heavy atom. The molecule has 2 aromatic rings. The number of aromatic nitrogens is 2. The number of alkyl halides is 3. The van der Waals surface area contributed by atoms with E-state index >= 15 is 0 Å². The first-order chi connectivity index (χ1) is 14.8. The molecule has 3 N–H and O–H groups in total. The van der Waals surface area contributed by atoms with Crippen molar-refractivity contribution in [3.8, 4) is 17.0 Å². The number of aliphatic hydroxyl groups excluding tert-OH is 1. The second-order valence-corrected chi connectivity index (χ2v) is 8.65. The first kappa shape index (κ1) is 20.5. The Bertz CT molecular complexity index is 998. The topological polar surface area (TPSA) is 87.5 Å². The normalized spacial score (nSPS) is 27.7. The lowest BCUT2D eigenvalue weighted by Crippen LogP contribution is -2.37. The molecule has 1 saturated heterocycles. The molecule has 3 heterocycles. The molecule has 0 unspecified atom stereocenters. The molecule has 0 spiro atoms. The van der Waals surface area contributed by atoms with Gasteiger partial charge in [-0.1, -0.05) is 12.8 Å². The molecule has 0 radical (unpaired) electrons. The Morgan fingerprint density at radius 1 is 1.06 bits per heavy atom. The standard InChI is InChI=1S/C22H24F3N3O3/c23-22(24,25)11-5-7-13(17(30)9-11)20-14-10-12-6-8-18(31-12)19(14)21(28-27-20)26-15-3-1-2-4-16(15)29/h5,7,9,12,15-16,18,29-30H,1-4,6,8,10H2,(H,26,28)/t12-,15-,16-,18+/m1/s1. The maximum atomic E-state index is 13.0. The molecule has 1 aromatic heterocycles. The summed E-state index contributed by atoms with van der Waals surface area (Å²) in [7, 11) is 0. The minimum Gasteiger partial charge on any atom is -0.507 e. The molecule has 5 rings (SSSR count). The van der Waals surface area contributed by atoms with Crippen LogP contribution < -0.4 is 5.32 Å². The number of halogens is 3. The number of aromatic hydroxyl groups is 1. The molecule has 2 aliphatic heterocycles. The number of nitrogens with one attached hydrogen (secondary N) is 1. The van der Waals surface area contributed by atoms with Crippen LogP contribution in [0, 0.1) is 0 Å². The average molecular weight is 435 g/mol. The van der Waals surface area contributed by atoms with Crippen molar-refractivity contribution in [2.45, 2.75) is 75.5 Å². The number of anilines is 1. The Hall–Kier alpha value is -2.39. The van der Waals surface area contributed by atoms with E-state index in [2.05, 4.69) is 15.5 Å². The summed E-state index contributed by atoms with van der Waals surface area (Å²) in [6.07, 6.45) is 0.653. The molecule has 6 nitrogen and oxygen atoms in total. The molecule has 1 aliphatic carbocycles. The van der Waals surface area contributed by atoms with Crippen molar-refractivity contribution in [1.29, 1.82) is 0 Å². The van der Waals surface area contributed by atoms with Gasteiger partial charge in [0.25, 0.3) is 0 Å². The van der Waals surface area contributed by atoms with Crippen LogP contribution in [0.15, 0.2) is 18.2 Å². The van der Waals surface area contributed by atoms with Crippen molar-refractivity contribution in [1.82, 2.24) is 10.2 Å². The third kappa shape index (κ3) is 3.74. The molecule has 3 aliphatic rings. The maximum absolute atomic E-state index is 13.0. The van der Waals surface area contributed by atoms with Gasteiger partial charge in [-0.15, -0.1) is 10.2 Å². The summed E-state index contributed by atoms with van der Waals surface area (Å²) in [4.78, 5) is 0. The number of fused-ring (bicyclic) bond motifs is 4. The summed E-state index contributed by atoms with van der Waals surface area (Å²) >= 11 is 0. The third-order valence-corrected chi connectivity index (χ3v) is 6.61. The van der Waals surface area contributed by atoms with Crippen LogP contribution in [0.2, 0.25) is 0 Å². The van der Waals surface area contributed by atoms with Crippen molar-refractivity contribution in [3.05, 3.63) is 34.9 Å². The van der Waals surface area contributed by atoms with Crippen LogP contribution in [0.5, 0.6) is 5.75 Å². The SMILES string of the molecule is Oc1cc(C(F)(F)F)ccc1-c1nnc(N[C@@H]2CCCC[C@H]2O)c2c1C[C@H]1CC[C@@H]2O1. The summed E-state index contributed by atoms with van der Waals surface area (Å²) in [5, 5.41) is 32.7. The van der Waals surface area contributed by atoms with Crippen LogP contribution >= 0.6 is 0 Å². The Balaban J connectivity index is 1.57. The zero-order valence-electron chi connectivity index (χ0n) is 16.8. The van der Waals surface area contributed by atoms with Gasteiger partial charge in [0.1, 0.15) is 11.4 Å². The molecular weight excluding hydrogens is 411 g/mol. The Kier molecular flexibility index (Phi) is 5.05. The quantitative estimate of drug-likeness (QED) is 0.664. The van der Waals surface area contributed by atoms with Gasteiger partial charge in [-0.05, 0) is 49.4 Å². The highest BCUT2D eigenvalue weighted by Gasteiger charge is 2.39. The number of benzene rings is 1. The molecule has 4 atom stereocenters. The molecule has 166 valence electrons. The van der Waals surface area contributed by atoms with Crippen molar-refractivity contribution < 1.29 is 28.1 Å². The van der Waals surface area contributed by atoms with Gasteiger partial charge in [0.05, 0.1) is 29.9 Å². The summed E-state index contributed by atoms with van der Waals surface area (Å²) < 4.78 is 45.1. The molecule has 9 heteroatoms. The summed E-state index contributed by atoms with van der Waals surface area (Å²) in [6.45, 7) is 0. The van der Waals surface area contributed by atoms with E-state index < -0.39 is 23.6 Å². The number of aliphatic hydroxyl groups is 1. The smallest absolute Gasteiger partial charge is 0.416 e. The minimum absolute atomic E-state index is 0.0187. The number of hydrogen-bond donors (Lipinski definition) is 3. The van der Waals surface area contributed by atoms with Crippen molar-refractivity contribution in [2.24, 2.45) is 0 Å². The number of hydrogen-bond acceptors (Lipinski definition) is 6. The zero-order chi connectivity index (χ0) is 21.8.